The van der Waals surface area contributed by atoms with Gasteiger partial charge in [-0.05, 0) is 37.0 Å². The van der Waals surface area contributed by atoms with Crippen molar-refractivity contribution >= 4 is 15.7 Å². The molecule has 1 saturated carbocycles. The molecule has 6 nitrogen and oxygen atoms in total. The van der Waals surface area contributed by atoms with Crippen LogP contribution in [0.3, 0.4) is 0 Å². The molecule has 102 valence electrons. The summed E-state index contributed by atoms with van der Waals surface area (Å²) < 4.78 is 26.4. The Morgan fingerprint density at radius 3 is 2.79 bits per heavy atom. The van der Waals surface area contributed by atoms with Crippen LogP contribution in [-0.2, 0) is 10.0 Å². The molecule has 4 N–H and O–H groups in total. The average molecular weight is 281 g/mol. The van der Waals surface area contributed by atoms with Crippen LogP contribution in [0.2, 0.25) is 0 Å². The lowest BCUT2D eigenvalue weighted by Gasteiger charge is -2.12. The van der Waals surface area contributed by atoms with E-state index in [1.807, 2.05) is 0 Å². The van der Waals surface area contributed by atoms with Gasteiger partial charge in [-0.1, -0.05) is 0 Å². The topological polar surface area (TPSA) is 116 Å². The molecule has 1 fully saturated rings. The average Bonchev–Trinajstić information content (AvgIpc) is 3.19. The Hall–Kier alpha value is -1.62. The van der Waals surface area contributed by atoms with E-state index in [2.05, 4.69) is 4.72 Å². The van der Waals surface area contributed by atoms with Gasteiger partial charge in [0.1, 0.15) is 6.07 Å². The zero-order valence-electron chi connectivity index (χ0n) is 10.2. The largest absolute Gasteiger partial charge is 0.399 e. The minimum absolute atomic E-state index is 0.00610. The number of benzene rings is 1. The molecule has 19 heavy (non-hydrogen) atoms. The predicted molar refractivity (Wildman–Crippen MR) is 69.5 cm³/mol. The van der Waals surface area contributed by atoms with E-state index in [4.69, 9.17) is 11.0 Å². The van der Waals surface area contributed by atoms with Gasteiger partial charge in [0.25, 0.3) is 0 Å². The van der Waals surface area contributed by atoms with Gasteiger partial charge in [-0.3, -0.25) is 0 Å². The standard InChI is InChI=1S/C12H15N3O3S/c13-6-9-5-10(14)3-4-12(9)19(17,18)15-7-11(16)8-1-2-8/h3-5,8,11,15-16H,1-2,7,14H2. The Morgan fingerprint density at radius 1 is 1.53 bits per heavy atom. The number of aliphatic hydroxyl groups excluding tert-OH is 1. The summed E-state index contributed by atoms with van der Waals surface area (Å²) in [6.07, 6.45) is 1.18. The van der Waals surface area contributed by atoms with Crippen LogP contribution in [-0.4, -0.2) is 26.2 Å². The van der Waals surface area contributed by atoms with Gasteiger partial charge in [0.05, 0.1) is 16.6 Å². The van der Waals surface area contributed by atoms with Crippen molar-refractivity contribution in [1.29, 1.82) is 5.26 Å². The molecule has 0 amide bonds. The molecule has 0 heterocycles. The highest BCUT2D eigenvalue weighted by Gasteiger charge is 2.30. The second-order valence-electron chi connectivity index (χ2n) is 4.62. The van der Waals surface area contributed by atoms with Crippen LogP contribution in [0.5, 0.6) is 0 Å². The molecule has 0 aromatic heterocycles. The number of nitrogens with one attached hydrogen (secondary N) is 1. The van der Waals surface area contributed by atoms with Gasteiger partial charge in [0.2, 0.25) is 10.0 Å². The monoisotopic (exact) mass is 281 g/mol. The summed E-state index contributed by atoms with van der Waals surface area (Å²) in [5.74, 6) is 0.185. The van der Waals surface area contributed by atoms with E-state index in [9.17, 15) is 13.5 Å². The quantitative estimate of drug-likeness (QED) is 0.666. The van der Waals surface area contributed by atoms with E-state index in [0.29, 0.717) is 5.69 Å². The molecule has 1 unspecified atom stereocenters. The molecule has 7 heteroatoms. The van der Waals surface area contributed by atoms with E-state index >= 15 is 0 Å². The first-order valence-corrected chi connectivity index (χ1v) is 7.39. The van der Waals surface area contributed by atoms with Gasteiger partial charge in [-0.2, -0.15) is 5.26 Å². The Kier molecular flexibility index (Phi) is 3.75. The molecule has 0 spiro atoms. The normalized spacial score (nSPS) is 16.8. The fraction of sp³-hybridized carbons (Fsp3) is 0.417. The first kappa shape index (κ1) is 13.8. The Balaban J connectivity index is 2.17. The SMILES string of the molecule is N#Cc1cc(N)ccc1S(=O)(=O)NCC(O)C1CC1. The van der Waals surface area contributed by atoms with Gasteiger partial charge >= 0.3 is 0 Å². The summed E-state index contributed by atoms with van der Waals surface area (Å²) in [6, 6.07) is 5.83. The second kappa shape index (κ2) is 5.17. The molecule has 0 bridgehead atoms. The summed E-state index contributed by atoms with van der Waals surface area (Å²) in [5.41, 5.74) is 5.83. The minimum atomic E-state index is -3.81. The maximum Gasteiger partial charge on any atom is 0.241 e. The van der Waals surface area contributed by atoms with E-state index in [1.165, 1.54) is 18.2 Å². The third kappa shape index (κ3) is 3.23. The lowest BCUT2D eigenvalue weighted by atomic mass is 10.2. The highest BCUT2D eigenvalue weighted by molar-refractivity contribution is 7.89. The number of rotatable bonds is 5. The van der Waals surface area contributed by atoms with Gasteiger partial charge in [0.15, 0.2) is 0 Å². The summed E-state index contributed by atoms with van der Waals surface area (Å²) >= 11 is 0. The number of anilines is 1. The van der Waals surface area contributed by atoms with Gasteiger partial charge in [0, 0.05) is 12.2 Å². The molecule has 1 aromatic rings. The van der Waals surface area contributed by atoms with Crippen LogP contribution in [0, 0.1) is 17.2 Å². The molecule has 1 atom stereocenters. The van der Waals surface area contributed by atoms with Crippen LogP contribution < -0.4 is 10.5 Å². The number of nitrogen functional groups attached to an aromatic ring is 1. The van der Waals surface area contributed by atoms with Crippen LogP contribution in [0.15, 0.2) is 23.1 Å². The number of sulfonamides is 1. The number of aliphatic hydroxyl groups is 1. The van der Waals surface area contributed by atoms with Gasteiger partial charge in [-0.25, -0.2) is 13.1 Å². The summed E-state index contributed by atoms with van der Waals surface area (Å²) in [4.78, 5) is -0.118. The Morgan fingerprint density at radius 2 is 2.21 bits per heavy atom. The smallest absolute Gasteiger partial charge is 0.241 e. The maximum absolute atomic E-state index is 12.1. The van der Waals surface area contributed by atoms with E-state index in [0.717, 1.165) is 12.8 Å². The molecule has 2 rings (SSSR count). The first-order valence-electron chi connectivity index (χ1n) is 5.91. The van der Waals surface area contributed by atoms with Crippen molar-refractivity contribution in [3.05, 3.63) is 23.8 Å². The van der Waals surface area contributed by atoms with Crippen molar-refractivity contribution in [1.82, 2.24) is 4.72 Å². The van der Waals surface area contributed by atoms with Crippen LogP contribution in [0.1, 0.15) is 18.4 Å². The van der Waals surface area contributed by atoms with Crippen molar-refractivity contribution in [2.75, 3.05) is 12.3 Å². The summed E-state index contributed by atoms with van der Waals surface area (Å²) in [7, 11) is -3.81. The van der Waals surface area contributed by atoms with Crippen molar-refractivity contribution in [2.24, 2.45) is 5.92 Å². The highest BCUT2D eigenvalue weighted by Crippen LogP contribution is 2.32. The fourth-order valence-corrected chi connectivity index (χ4v) is 2.98. The van der Waals surface area contributed by atoms with Crippen LogP contribution in [0.4, 0.5) is 5.69 Å². The number of nitriles is 1. The zero-order valence-corrected chi connectivity index (χ0v) is 11.0. The van der Waals surface area contributed by atoms with Crippen molar-refractivity contribution < 1.29 is 13.5 Å². The lowest BCUT2D eigenvalue weighted by Crippen LogP contribution is -2.33. The van der Waals surface area contributed by atoms with Crippen molar-refractivity contribution in [3.63, 3.8) is 0 Å². The van der Waals surface area contributed by atoms with Crippen molar-refractivity contribution in [2.45, 2.75) is 23.8 Å². The molecular formula is C12H15N3O3S. The van der Waals surface area contributed by atoms with Gasteiger partial charge < -0.3 is 10.8 Å². The predicted octanol–water partition coefficient (Wildman–Crippen LogP) is 0.190. The highest BCUT2D eigenvalue weighted by atomic mass is 32.2. The van der Waals surface area contributed by atoms with E-state index in [-0.39, 0.29) is 22.9 Å². The second-order valence-corrected chi connectivity index (χ2v) is 6.36. The molecule has 1 aromatic carbocycles. The van der Waals surface area contributed by atoms with Crippen LogP contribution in [0.25, 0.3) is 0 Å². The maximum atomic E-state index is 12.1. The van der Waals surface area contributed by atoms with Crippen LogP contribution >= 0.6 is 0 Å². The Bertz CT molecular complexity index is 618. The Labute approximate surface area is 111 Å². The molecule has 0 radical (unpaired) electrons. The third-order valence-electron chi connectivity index (χ3n) is 3.06. The number of hydrogen-bond donors (Lipinski definition) is 3. The lowest BCUT2D eigenvalue weighted by molar-refractivity contribution is 0.155. The number of hydrogen-bond acceptors (Lipinski definition) is 5. The third-order valence-corrected chi connectivity index (χ3v) is 4.54. The first-order chi connectivity index (χ1) is 8.94. The molecular weight excluding hydrogens is 266 g/mol. The number of nitrogens with two attached hydrogens (primary N) is 1. The zero-order chi connectivity index (χ0) is 14.0. The van der Waals surface area contributed by atoms with E-state index < -0.39 is 16.1 Å². The molecule has 0 aliphatic heterocycles. The number of nitrogens with zero attached hydrogens (tertiary/aromatic N) is 1. The van der Waals surface area contributed by atoms with E-state index in [1.54, 1.807) is 6.07 Å². The minimum Gasteiger partial charge on any atom is -0.399 e. The van der Waals surface area contributed by atoms with Crippen molar-refractivity contribution in [3.8, 4) is 6.07 Å². The molecule has 1 aliphatic carbocycles. The summed E-state index contributed by atoms with van der Waals surface area (Å²) in [6.45, 7) is -0.0394. The molecule has 1 aliphatic rings. The summed E-state index contributed by atoms with van der Waals surface area (Å²) in [5, 5.41) is 18.6. The van der Waals surface area contributed by atoms with Gasteiger partial charge in [-0.15, -0.1) is 0 Å². The molecule has 0 saturated heterocycles. The fourth-order valence-electron chi connectivity index (χ4n) is 1.79.